The third-order valence-corrected chi connectivity index (χ3v) is 3.35. The van der Waals surface area contributed by atoms with Gasteiger partial charge in [0.05, 0.1) is 12.2 Å². The number of fused-ring (bicyclic) bond motifs is 3. The molecule has 0 atom stereocenters. The zero-order valence-electron chi connectivity index (χ0n) is 11.7. The monoisotopic (exact) mass is 343 g/mol. The molecule has 0 unspecified atom stereocenters. The van der Waals surface area contributed by atoms with Gasteiger partial charge in [0.15, 0.2) is 5.69 Å². The van der Waals surface area contributed by atoms with Crippen molar-refractivity contribution in [3.05, 3.63) is 40.8 Å². The number of hydrogen-bond acceptors (Lipinski definition) is 4. The maximum atomic E-state index is 13.1. The predicted octanol–water partition coefficient (Wildman–Crippen LogP) is 3.73. The van der Waals surface area contributed by atoms with E-state index in [-0.39, 0.29) is 34.1 Å². The molecule has 5 nitrogen and oxygen atoms in total. The summed E-state index contributed by atoms with van der Waals surface area (Å²) < 4.78 is 45.5. The lowest BCUT2D eigenvalue weighted by Crippen LogP contribution is -2.07. The van der Waals surface area contributed by atoms with Crippen LogP contribution in [0.3, 0.4) is 0 Å². The molecule has 0 aliphatic carbocycles. The predicted molar refractivity (Wildman–Crippen MR) is 76.5 cm³/mol. The Kier molecular flexibility index (Phi) is 3.63. The van der Waals surface area contributed by atoms with Crippen LogP contribution in [-0.2, 0) is 10.9 Å². The standard InChI is InChI=1S/C14H9ClF3N3O2/c1-2-23-13(22)9-6-21-11(19-9)4-3-7-8(14(16,17)18)5-10(15)20-12(7)21/h3-6H,2H2,1H3. The minimum Gasteiger partial charge on any atom is -0.461 e. The average molecular weight is 344 g/mol. The number of carbonyl (C=O) groups is 1. The van der Waals surface area contributed by atoms with Gasteiger partial charge in [0.25, 0.3) is 0 Å². The summed E-state index contributed by atoms with van der Waals surface area (Å²) >= 11 is 5.71. The maximum absolute atomic E-state index is 13.1. The molecule has 0 bridgehead atoms. The molecular weight excluding hydrogens is 335 g/mol. The Morgan fingerprint density at radius 2 is 2.09 bits per heavy atom. The Labute approximate surface area is 132 Å². The lowest BCUT2D eigenvalue weighted by molar-refractivity contribution is -0.136. The van der Waals surface area contributed by atoms with E-state index in [0.717, 1.165) is 6.07 Å². The van der Waals surface area contributed by atoms with Gasteiger partial charge in [-0.25, -0.2) is 14.8 Å². The summed E-state index contributed by atoms with van der Waals surface area (Å²) in [5.74, 6) is -0.664. The molecular formula is C14H9ClF3N3O2. The number of imidazole rings is 1. The molecule has 3 aromatic heterocycles. The molecule has 0 saturated heterocycles. The molecule has 0 radical (unpaired) electrons. The van der Waals surface area contributed by atoms with Crippen molar-refractivity contribution in [2.75, 3.05) is 6.61 Å². The van der Waals surface area contributed by atoms with E-state index in [1.54, 1.807) is 6.92 Å². The lowest BCUT2D eigenvalue weighted by Gasteiger charge is -2.11. The van der Waals surface area contributed by atoms with Crippen LogP contribution in [0.1, 0.15) is 23.0 Å². The summed E-state index contributed by atoms with van der Waals surface area (Å²) in [6.07, 6.45) is -3.30. The van der Waals surface area contributed by atoms with Gasteiger partial charge in [-0.15, -0.1) is 0 Å². The Morgan fingerprint density at radius 3 is 2.74 bits per heavy atom. The Bertz CT molecular complexity index is 921. The van der Waals surface area contributed by atoms with Crippen molar-refractivity contribution in [2.45, 2.75) is 13.1 Å². The zero-order chi connectivity index (χ0) is 16.8. The molecule has 3 rings (SSSR count). The number of ether oxygens (including phenoxy) is 1. The highest BCUT2D eigenvalue weighted by molar-refractivity contribution is 6.29. The first kappa shape index (κ1) is 15.5. The molecule has 0 aliphatic heterocycles. The van der Waals surface area contributed by atoms with Crippen LogP contribution >= 0.6 is 11.6 Å². The van der Waals surface area contributed by atoms with Crippen molar-refractivity contribution < 1.29 is 22.7 Å². The van der Waals surface area contributed by atoms with Gasteiger partial charge in [0.1, 0.15) is 16.4 Å². The number of rotatable bonds is 2. The summed E-state index contributed by atoms with van der Waals surface area (Å²) in [4.78, 5) is 19.7. The van der Waals surface area contributed by atoms with E-state index in [9.17, 15) is 18.0 Å². The number of alkyl halides is 3. The number of pyridine rings is 2. The van der Waals surface area contributed by atoms with Gasteiger partial charge in [0.2, 0.25) is 0 Å². The quantitative estimate of drug-likeness (QED) is 0.525. The van der Waals surface area contributed by atoms with E-state index in [1.165, 1.54) is 22.7 Å². The number of hydrogen-bond donors (Lipinski definition) is 0. The molecule has 0 amide bonds. The maximum Gasteiger partial charge on any atom is 0.417 e. The van der Waals surface area contributed by atoms with E-state index in [4.69, 9.17) is 16.3 Å². The van der Waals surface area contributed by atoms with Crippen LogP contribution in [0.5, 0.6) is 0 Å². The molecule has 0 fully saturated rings. The minimum absolute atomic E-state index is 0.0188. The summed E-state index contributed by atoms with van der Waals surface area (Å²) in [5, 5.41) is -0.439. The highest BCUT2D eigenvalue weighted by Crippen LogP contribution is 2.36. The molecule has 0 saturated carbocycles. The van der Waals surface area contributed by atoms with E-state index < -0.39 is 17.7 Å². The molecule has 23 heavy (non-hydrogen) atoms. The van der Waals surface area contributed by atoms with Crippen LogP contribution in [0.4, 0.5) is 13.2 Å². The van der Waals surface area contributed by atoms with Crippen molar-refractivity contribution in [3.63, 3.8) is 0 Å². The van der Waals surface area contributed by atoms with Gasteiger partial charge < -0.3 is 4.74 Å². The SMILES string of the molecule is CCOC(=O)c1cn2c(ccc3c(C(F)(F)F)cc(Cl)nc32)n1. The summed E-state index contributed by atoms with van der Waals surface area (Å²) in [6, 6.07) is 3.38. The second kappa shape index (κ2) is 5.38. The van der Waals surface area contributed by atoms with E-state index in [2.05, 4.69) is 9.97 Å². The lowest BCUT2D eigenvalue weighted by atomic mass is 10.1. The zero-order valence-corrected chi connectivity index (χ0v) is 12.4. The second-order valence-corrected chi connectivity index (χ2v) is 5.02. The van der Waals surface area contributed by atoms with Gasteiger partial charge in [0, 0.05) is 11.6 Å². The van der Waals surface area contributed by atoms with Gasteiger partial charge in [-0.05, 0) is 25.1 Å². The fraction of sp³-hybridized carbons (Fsp3) is 0.214. The number of aromatic nitrogens is 3. The second-order valence-electron chi connectivity index (χ2n) is 4.64. The normalized spacial score (nSPS) is 12.0. The van der Waals surface area contributed by atoms with Crippen LogP contribution in [0.2, 0.25) is 5.15 Å². The summed E-state index contributed by atoms with van der Waals surface area (Å²) in [7, 11) is 0. The summed E-state index contributed by atoms with van der Waals surface area (Å²) in [5.41, 5.74) is -0.690. The van der Waals surface area contributed by atoms with Gasteiger partial charge in [-0.1, -0.05) is 11.6 Å². The minimum atomic E-state index is -4.58. The Hall–Kier alpha value is -2.35. The highest BCUT2D eigenvalue weighted by atomic mass is 35.5. The van der Waals surface area contributed by atoms with Crippen molar-refractivity contribution in [1.82, 2.24) is 14.4 Å². The first-order valence-corrected chi connectivity index (χ1v) is 6.91. The van der Waals surface area contributed by atoms with Gasteiger partial charge >= 0.3 is 12.1 Å². The topological polar surface area (TPSA) is 56.5 Å². The van der Waals surface area contributed by atoms with Crippen molar-refractivity contribution in [1.29, 1.82) is 0 Å². The summed E-state index contributed by atoms with van der Waals surface area (Å²) in [6.45, 7) is 1.80. The highest BCUT2D eigenvalue weighted by Gasteiger charge is 2.34. The van der Waals surface area contributed by atoms with Crippen molar-refractivity contribution >= 4 is 34.3 Å². The number of carbonyl (C=O) groups excluding carboxylic acids is 1. The average Bonchev–Trinajstić information content (AvgIpc) is 2.90. The molecule has 3 aromatic rings. The Morgan fingerprint density at radius 1 is 1.35 bits per heavy atom. The Balaban J connectivity index is 2.31. The van der Waals surface area contributed by atoms with Crippen LogP contribution < -0.4 is 0 Å². The number of halogens is 4. The molecule has 0 aromatic carbocycles. The molecule has 3 heterocycles. The van der Waals surface area contributed by atoms with E-state index in [0.29, 0.717) is 0 Å². The van der Waals surface area contributed by atoms with Crippen LogP contribution in [0.15, 0.2) is 24.4 Å². The molecule has 0 spiro atoms. The molecule has 120 valence electrons. The molecule has 0 aliphatic rings. The van der Waals surface area contributed by atoms with Gasteiger partial charge in [-0.3, -0.25) is 4.40 Å². The smallest absolute Gasteiger partial charge is 0.417 e. The van der Waals surface area contributed by atoms with Crippen LogP contribution in [0.25, 0.3) is 16.7 Å². The molecule has 9 heteroatoms. The fourth-order valence-corrected chi connectivity index (χ4v) is 2.43. The third-order valence-electron chi connectivity index (χ3n) is 3.16. The number of esters is 1. The largest absolute Gasteiger partial charge is 0.461 e. The van der Waals surface area contributed by atoms with E-state index in [1.807, 2.05) is 0 Å². The van der Waals surface area contributed by atoms with Crippen molar-refractivity contribution in [3.8, 4) is 0 Å². The van der Waals surface area contributed by atoms with Crippen LogP contribution in [-0.4, -0.2) is 26.9 Å². The first-order valence-electron chi connectivity index (χ1n) is 6.54. The third kappa shape index (κ3) is 2.70. The number of nitrogens with zero attached hydrogens (tertiary/aromatic N) is 3. The first-order chi connectivity index (χ1) is 10.8. The van der Waals surface area contributed by atoms with E-state index >= 15 is 0 Å². The van der Waals surface area contributed by atoms with Crippen molar-refractivity contribution in [2.24, 2.45) is 0 Å². The van der Waals surface area contributed by atoms with Crippen LogP contribution in [0, 0.1) is 0 Å². The molecule has 0 N–H and O–H groups in total. The van der Waals surface area contributed by atoms with Gasteiger partial charge in [-0.2, -0.15) is 13.2 Å². The fourth-order valence-electron chi connectivity index (χ4n) is 2.24.